The largest absolute Gasteiger partial charge is 0.393 e. The first-order chi connectivity index (χ1) is 7.65. The Kier molecular flexibility index (Phi) is 4.22. The van der Waals surface area contributed by atoms with E-state index in [0.717, 1.165) is 32.5 Å². The molecule has 0 radical (unpaired) electrons. The van der Waals surface area contributed by atoms with Gasteiger partial charge in [-0.25, -0.2) is 0 Å². The first kappa shape index (κ1) is 12.3. The van der Waals surface area contributed by atoms with Crippen LogP contribution in [0.1, 0.15) is 39.5 Å². The van der Waals surface area contributed by atoms with Crippen LogP contribution in [0.5, 0.6) is 0 Å². The van der Waals surface area contributed by atoms with Crippen LogP contribution in [0.15, 0.2) is 0 Å². The molecule has 16 heavy (non-hydrogen) atoms. The highest BCUT2D eigenvalue weighted by atomic mass is 16.5. The van der Waals surface area contributed by atoms with E-state index in [4.69, 9.17) is 4.74 Å². The third-order valence-electron chi connectivity index (χ3n) is 3.93. The standard InChI is InChI=1S/C13H25NO2/c1-10-8-14(9-11(2)16-10)7-6-12-4-3-5-13(12)15/h10-13,15H,3-9H2,1-2H3. The lowest BCUT2D eigenvalue weighted by Gasteiger charge is -2.35. The van der Waals surface area contributed by atoms with Crippen LogP contribution in [0.25, 0.3) is 0 Å². The quantitative estimate of drug-likeness (QED) is 0.795. The molecular formula is C13H25NO2. The van der Waals surface area contributed by atoms with E-state index in [0.29, 0.717) is 18.1 Å². The number of rotatable bonds is 3. The van der Waals surface area contributed by atoms with Gasteiger partial charge in [0.05, 0.1) is 18.3 Å². The first-order valence-electron chi connectivity index (χ1n) is 6.71. The normalized spacial score (nSPS) is 41.4. The zero-order chi connectivity index (χ0) is 11.5. The third-order valence-corrected chi connectivity index (χ3v) is 3.93. The van der Waals surface area contributed by atoms with Gasteiger partial charge in [-0.1, -0.05) is 6.42 Å². The van der Waals surface area contributed by atoms with E-state index in [1.54, 1.807) is 0 Å². The molecule has 1 aliphatic carbocycles. The molecule has 0 aromatic carbocycles. The molecule has 1 heterocycles. The predicted molar refractivity (Wildman–Crippen MR) is 64.4 cm³/mol. The third kappa shape index (κ3) is 3.19. The summed E-state index contributed by atoms with van der Waals surface area (Å²) in [6.45, 7) is 7.51. The summed E-state index contributed by atoms with van der Waals surface area (Å²) in [6, 6.07) is 0. The molecule has 0 aromatic rings. The lowest BCUT2D eigenvalue weighted by atomic mass is 10.0. The molecular weight excluding hydrogens is 202 g/mol. The van der Waals surface area contributed by atoms with Crippen molar-refractivity contribution in [3.63, 3.8) is 0 Å². The highest BCUT2D eigenvalue weighted by Gasteiger charge is 2.27. The van der Waals surface area contributed by atoms with Gasteiger partial charge in [-0.15, -0.1) is 0 Å². The van der Waals surface area contributed by atoms with Gasteiger partial charge < -0.3 is 9.84 Å². The molecule has 94 valence electrons. The SMILES string of the molecule is CC1CN(CCC2CCCC2O)CC(C)O1. The summed E-state index contributed by atoms with van der Waals surface area (Å²) in [4.78, 5) is 2.49. The number of aliphatic hydroxyl groups is 1. The molecule has 4 atom stereocenters. The van der Waals surface area contributed by atoms with Gasteiger partial charge in [0.25, 0.3) is 0 Å². The number of ether oxygens (including phenoxy) is 1. The van der Waals surface area contributed by atoms with Gasteiger partial charge in [-0.2, -0.15) is 0 Å². The molecule has 2 aliphatic rings. The van der Waals surface area contributed by atoms with Crippen molar-refractivity contribution in [2.45, 2.75) is 57.8 Å². The summed E-state index contributed by atoms with van der Waals surface area (Å²) in [5.74, 6) is 0.549. The van der Waals surface area contributed by atoms with E-state index < -0.39 is 0 Å². The fraction of sp³-hybridized carbons (Fsp3) is 1.00. The second kappa shape index (κ2) is 5.48. The average Bonchev–Trinajstić information content (AvgIpc) is 2.59. The molecule has 3 nitrogen and oxygen atoms in total. The van der Waals surface area contributed by atoms with Crippen LogP contribution in [0.3, 0.4) is 0 Å². The summed E-state index contributed by atoms with van der Waals surface area (Å²) in [5, 5.41) is 9.78. The number of hydrogen-bond acceptors (Lipinski definition) is 3. The molecule has 1 N–H and O–H groups in total. The second-order valence-corrected chi connectivity index (χ2v) is 5.56. The molecule has 1 aliphatic heterocycles. The first-order valence-corrected chi connectivity index (χ1v) is 6.71. The zero-order valence-electron chi connectivity index (χ0n) is 10.6. The van der Waals surface area contributed by atoms with E-state index in [1.165, 1.54) is 12.8 Å². The van der Waals surface area contributed by atoms with Crippen LogP contribution in [0.2, 0.25) is 0 Å². The maximum absolute atomic E-state index is 9.78. The fourth-order valence-corrected chi connectivity index (χ4v) is 3.17. The molecule has 0 aromatic heterocycles. The summed E-state index contributed by atoms with van der Waals surface area (Å²) in [7, 11) is 0. The Morgan fingerprint density at radius 3 is 2.44 bits per heavy atom. The maximum Gasteiger partial charge on any atom is 0.0678 e. The zero-order valence-corrected chi connectivity index (χ0v) is 10.6. The van der Waals surface area contributed by atoms with E-state index in [9.17, 15) is 5.11 Å². The Bertz CT molecular complexity index is 212. The van der Waals surface area contributed by atoms with Crippen molar-refractivity contribution in [3.8, 4) is 0 Å². The van der Waals surface area contributed by atoms with Crippen LogP contribution >= 0.6 is 0 Å². The molecule has 2 fully saturated rings. The summed E-state index contributed by atoms with van der Waals surface area (Å²) in [5.41, 5.74) is 0. The van der Waals surface area contributed by atoms with Crippen molar-refractivity contribution in [3.05, 3.63) is 0 Å². The fourth-order valence-electron chi connectivity index (χ4n) is 3.17. The Morgan fingerprint density at radius 2 is 1.88 bits per heavy atom. The van der Waals surface area contributed by atoms with Crippen LogP contribution in [-0.2, 0) is 4.74 Å². The monoisotopic (exact) mass is 227 g/mol. The number of morpholine rings is 1. The van der Waals surface area contributed by atoms with Crippen molar-refractivity contribution in [2.75, 3.05) is 19.6 Å². The van der Waals surface area contributed by atoms with E-state index >= 15 is 0 Å². The highest BCUT2D eigenvalue weighted by molar-refractivity contribution is 4.79. The Hall–Kier alpha value is -0.120. The number of hydrogen-bond donors (Lipinski definition) is 1. The summed E-state index contributed by atoms with van der Waals surface area (Å²) in [6.07, 6.45) is 5.28. The van der Waals surface area contributed by atoms with Crippen LogP contribution in [0.4, 0.5) is 0 Å². The Balaban J connectivity index is 1.72. The van der Waals surface area contributed by atoms with Crippen LogP contribution in [-0.4, -0.2) is 48.0 Å². The Morgan fingerprint density at radius 1 is 1.19 bits per heavy atom. The molecule has 1 saturated heterocycles. The molecule has 0 bridgehead atoms. The molecule has 3 heteroatoms. The minimum absolute atomic E-state index is 0.0316. The minimum atomic E-state index is -0.0316. The van der Waals surface area contributed by atoms with Gasteiger partial charge in [-0.05, 0) is 45.6 Å². The van der Waals surface area contributed by atoms with Gasteiger partial charge in [0, 0.05) is 13.1 Å². The van der Waals surface area contributed by atoms with Crippen molar-refractivity contribution < 1.29 is 9.84 Å². The van der Waals surface area contributed by atoms with Gasteiger partial charge in [0.1, 0.15) is 0 Å². The Labute approximate surface area is 98.8 Å². The van der Waals surface area contributed by atoms with E-state index in [-0.39, 0.29) is 6.10 Å². The molecule has 0 amide bonds. The molecule has 1 saturated carbocycles. The van der Waals surface area contributed by atoms with E-state index in [2.05, 4.69) is 18.7 Å². The van der Waals surface area contributed by atoms with Crippen LogP contribution < -0.4 is 0 Å². The minimum Gasteiger partial charge on any atom is -0.393 e. The van der Waals surface area contributed by atoms with Crippen molar-refractivity contribution in [1.29, 1.82) is 0 Å². The van der Waals surface area contributed by atoms with Crippen molar-refractivity contribution >= 4 is 0 Å². The lowest BCUT2D eigenvalue weighted by Crippen LogP contribution is -2.46. The highest BCUT2D eigenvalue weighted by Crippen LogP contribution is 2.28. The number of nitrogens with zero attached hydrogens (tertiary/aromatic N) is 1. The van der Waals surface area contributed by atoms with Gasteiger partial charge in [0.15, 0.2) is 0 Å². The average molecular weight is 227 g/mol. The second-order valence-electron chi connectivity index (χ2n) is 5.56. The number of aliphatic hydroxyl groups excluding tert-OH is 1. The lowest BCUT2D eigenvalue weighted by molar-refractivity contribution is -0.0696. The molecule has 2 rings (SSSR count). The van der Waals surface area contributed by atoms with Gasteiger partial charge >= 0.3 is 0 Å². The topological polar surface area (TPSA) is 32.7 Å². The van der Waals surface area contributed by atoms with Crippen molar-refractivity contribution in [1.82, 2.24) is 4.90 Å². The molecule has 0 spiro atoms. The predicted octanol–water partition coefficient (Wildman–Crippen LogP) is 1.65. The van der Waals surface area contributed by atoms with Gasteiger partial charge in [-0.3, -0.25) is 4.90 Å². The maximum atomic E-state index is 9.78. The summed E-state index contributed by atoms with van der Waals surface area (Å²) < 4.78 is 5.72. The molecule has 4 unspecified atom stereocenters. The van der Waals surface area contributed by atoms with Gasteiger partial charge in [0.2, 0.25) is 0 Å². The van der Waals surface area contributed by atoms with Crippen LogP contribution in [0, 0.1) is 5.92 Å². The van der Waals surface area contributed by atoms with Crippen molar-refractivity contribution in [2.24, 2.45) is 5.92 Å². The van der Waals surface area contributed by atoms with E-state index in [1.807, 2.05) is 0 Å². The summed E-state index contributed by atoms with van der Waals surface area (Å²) >= 11 is 0. The smallest absolute Gasteiger partial charge is 0.0678 e.